The predicted octanol–water partition coefficient (Wildman–Crippen LogP) is 0.0670. The average Bonchev–Trinajstić information content (AvgIpc) is 2.68. The summed E-state index contributed by atoms with van der Waals surface area (Å²) in [6.45, 7) is 6.24. The van der Waals surface area contributed by atoms with E-state index in [9.17, 15) is 4.79 Å². The molecule has 1 rings (SSSR count). The highest BCUT2D eigenvalue weighted by Crippen LogP contribution is 1.92. The molecule has 0 saturated carbocycles. The third-order valence-corrected chi connectivity index (χ3v) is 2.35. The summed E-state index contributed by atoms with van der Waals surface area (Å²) in [5.74, 6) is 0.585. The summed E-state index contributed by atoms with van der Waals surface area (Å²) in [6, 6.07) is 0. The van der Waals surface area contributed by atoms with Crippen LogP contribution in [0.2, 0.25) is 0 Å². The monoisotopic (exact) mass is 239 g/mol. The zero-order chi connectivity index (χ0) is 12.7. The molecule has 0 spiro atoms. The fourth-order valence-corrected chi connectivity index (χ4v) is 1.30. The summed E-state index contributed by atoms with van der Waals surface area (Å²) in [6.07, 6.45) is 2.21. The molecule has 0 saturated heterocycles. The van der Waals surface area contributed by atoms with Gasteiger partial charge in [0, 0.05) is 33.1 Å². The summed E-state index contributed by atoms with van der Waals surface area (Å²) in [5.41, 5.74) is 1.01. The van der Waals surface area contributed by atoms with Gasteiger partial charge in [-0.2, -0.15) is 0 Å². The van der Waals surface area contributed by atoms with Crippen molar-refractivity contribution >= 4 is 5.91 Å². The third-order valence-electron chi connectivity index (χ3n) is 2.35. The Morgan fingerprint density at radius 2 is 2.29 bits per heavy atom. The minimum atomic E-state index is 0.0920. The molecular weight excluding hydrogens is 218 g/mol. The van der Waals surface area contributed by atoms with E-state index < -0.39 is 0 Å². The number of aryl methyl sites for hydroxylation is 1. The van der Waals surface area contributed by atoms with Crippen molar-refractivity contribution in [2.24, 2.45) is 13.0 Å². The zero-order valence-electron chi connectivity index (χ0n) is 10.7. The minimum absolute atomic E-state index is 0.0920. The largest absolute Gasteiger partial charge is 0.356 e. The molecule has 6 heteroatoms. The minimum Gasteiger partial charge on any atom is -0.356 e. The first-order valence-electron chi connectivity index (χ1n) is 5.90. The quantitative estimate of drug-likeness (QED) is 0.660. The zero-order valence-corrected chi connectivity index (χ0v) is 10.7. The molecule has 0 radical (unpaired) electrons. The van der Waals surface area contributed by atoms with Gasteiger partial charge in [-0.15, -0.1) is 5.10 Å². The van der Waals surface area contributed by atoms with Gasteiger partial charge in [0.2, 0.25) is 5.91 Å². The van der Waals surface area contributed by atoms with Crippen LogP contribution < -0.4 is 10.6 Å². The van der Waals surface area contributed by atoms with Crippen molar-refractivity contribution in [3.05, 3.63) is 11.9 Å². The number of nitrogens with zero attached hydrogens (tertiary/aromatic N) is 3. The van der Waals surface area contributed by atoms with Crippen molar-refractivity contribution in [1.82, 2.24) is 25.6 Å². The van der Waals surface area contributed by atoms with E-state index >= 15 is 0 Å². The van der Waals surface area contributed by atoms with E-state index in [0.29, 0.717) is 25.4 Å². The van der Waals surface area contributed by atoms with E-state index in [1.165, 1.54) is 0 Å². The van der Waals surface area contributed by atoms with Crippen LogP contribution in [0.4, 0.5) is 0 Å². The third kappa shape index (κ3) is 5.44. The number of hydrogen-bond donors (Lipinski definition) is 2. The van der Waals surface area contributed by atoms with Gasteiger partial charge < -0.3 is 10.6 Å². The van der Waals surface area contributed by atoms with Gasteiger partial charge in [-0.1, -0.05) is 19.1 Å². The number of amides is 1. The van der Waals surface area contributed by atoms with Crippen LogP contribution in [-0.2, 0) is 18.4 Å². The van der Waals surface area contributed by atoms with E-state index in [-0.39, 0.29) is 5.91 Å². The van der Waals surface area contributed by atoms with E-state index in [4.69, 9.17) is 0 Å². The van der Waals surface area contributed by atoms with Crippen LogP contribution in [-0.4, -0.2) is 34.0 Å². The van der Waals surface area contributed by atoms with Crippen LogP contribution in [0.5, 0.6) is 0 Å². The van der Waals surface area contributed by atoms with Crippen molar-refractivity contribution in [1.29, 1.82) is 0 Å². The Kier molecular flexibility index (Phi) is 5.62. The lowest BCUT2D eigenvalue weighted by atomic mass is 10.2. The van der Waals surface area contributed by atoms with Crippen molar-refractivity contribution in [2.45, 2.75) is 26.8 Å². The molecule has 96 valence electrons. The Labute approximate surface area is 102 Å². The maximum absolute atomic E-state index is 11.4. The van der Waals surface area contributed by atoms with E-state index in [1.807, 2.05) is 7.05 Å². The normalized spacial score (nSPS) is 10.8. The fraction of sp³-hybridized carbons (Fsp3) is 0.727. The molecule has 1 aromatic heterocycles. The summed E-state index contributed by atoms with van der Waals surface area (Å²) in [7, 11) is 1.85. The van der Waals surface area contributed by atoms with Gasteiger partial charge in [0.25, 0.3) is 0 Å². The summed E-state index contributed by atoms with van der Waals surface area (Å²) in [4.78, 5) is 11.4. The first-order chi connectivity index (χ1) is 8.09. The van der Waals surface area contributed by atoms with Crippen molar-refractivity contribution in [3.8, 4) is 0 Å². The second-order valence-corrected chi connectivity index (χ2v) is 4.47. The standard InChI is InChI=1S/C11H21N5O/c1-9(2)6-13-11(17)4-5-12-7-10-8-14-15-16(10)3/h8-9,12H,4-7H2,1-3H3,(H,13,17). The Morgan fingerprint density at radius 1 is 1.53 bits per heavy atom. The molecule has 0 aromatic carbocycles. The molecule has 6 nitrogen and oxygen atoms in total. The topological polar surface area (TPSA) is 71.8 Å². The Balaban J connectivity index is 2.08. The van der Waals surface area contributed by atoms with Crippen molar-refractivity contribution in [2.75, 3.05) is 13.1 Å². The van der Waals surface area contributed by atoms with Crippen LogP contribution in [0, 0.1) is 5.92 Å². The smallest absolute Gasteiger partial charge is 0.221 e. The molecule has 0 fully saturated rings. The second-order valence-electron chi connectivity index (χ2n) is 4.47. The second kappa shape index (κ2) is 7.01. The van der Waals surface area contributed by atoms with Crippen LogP contribution in [0.15, 0.2) is 6.20 Å². The lowest BCUT2D eigenvalue weighted by molar-refractivity contribution is -0.121. The first-order valence-corrected chi connectivity index (χ1v) is 5.90. The number of nitrogens with one attached hydrogen (secondary N) is 2. The van der Waals surface area contributed by atoms with Crippen LogP contribution in [0.3, 0.4) is 0 Å². The number of rotatable bonds is 7. The van der Waals surface area contributed by atoms with Gasteiger partial charge in [0.15, 0.2) is 0 Å². The fourth-order valence-electron chi connectivity index (χ4n) is 1.30. The van der Waals surface area contributed by atoms with Crippen LogP contribution >= 0.6 is 0 Å². The highest BCUT2D eigenvalue weighted by molar-refractivity contribution is 5.76. The van der Waals surface area contributed by atoms with Gasteiger partial charge in [0.1, 0.15) is 0 Å². The van der Waals surface area contributed by atoms with Crippen molar-refractivity contribution < 1.29 is 4.79 Å². The summed E-state index contributed by atoms with van der Waals surface area (Å²) < 4.78 is 1.71. The van der Waals surface area contributed by atoms with E-state index in [0.717, 1.165) is 12.2 Å². The molecule has 0 bridgehead atoms. The van der Waals surface area contributed by atoms with Gasteiger partial charge in [-0.05, 0) is 5.92 Å². The van der Waals surface area contributed by atoms with Gasteiger partial charge >= 0.3 is 0 Å². The Hall–Kier alpha value is -1.43. The maximum Gasteiger partial charge on any atom is 0.221 e. The first kappa shape index (κ1) is 13.6. The highest BCUT2D eigenvalue weighted by Gasteiger charge is 2.03. The summed E-state index contributed by atoms with van der Waals surface area (Å²) >= 11 is 0. The molecule has 1 heterocycles. The molecule has 0 aliphatic rings. The highest BCUT2D eigenvalue weighted by atomic mass is 16.1. The van der Waals surface area contributed by atoms with E-state index in [2.05, 4.69) is 34.8 Å². The molecule has 1 aromatic rings. The molecule has 2 N–H and O–H groups in total. The van der Waals surface area contributed by atoms with Crippen LogP contribution in [0.1, 0.15) is 26.0 Å². The molecule has 0 aliphatic heterocycles. The molecule has 0 atom stereocenters. The van der Waals surface area contributed by atoms with Crippen LogP contribution in [0.25, 0.3) is 0 Å². The number of aromatic nitrogens is 3. The Morgan fingerprint density at radius 3 is 2.88 bits per heavy atom. The van der Waals surface area contributed by atoms with Gasteiger partial charge in [-0.3, -0.25) is 9.48 Å². The SMILES string of the molecule is CC(C)CNC(=O)CCNCc1cnnn1C. The lowest BCUT2D eigenvalue weighted by Crippen LogP contribution is -2.30. The van der Waals surface area contributed by atoms with E-state index in [1.54, 1.807) is 10.9 Å². The molecule has 0 aliphatic carbocycles. The Bertz CT molecular complexity index is 347. The maximum atomic E-state index is 11.4. The van der Waals surface area contributed by atoms with Crippen molar-refractivity contribution in [3.63, 3.8) is 0 Å². The molecule has 17 heavy (non-hydrogen) atoms. The van der Waals surface area contributed by atoms with Gasteiger partial charge in [0.05, 0.1) is 11.9 Å². The predicted molar refractivity (Wildman–Crippen MR) is 65.2 cm³/mol. The summed E-state index contributed by atoms with van der Waals surface area (Å²) in [5, 5.41) is 13.7. The van der Waals surface area contributed by atoms with Gasteiger partial charge in [-0.25, -0.2) is 0 Å². The molecule has 0 unspecified atom stereocenters. The molecular formula is C11H21N5O. The lowest BCUT2D eigenvalue weighted by Gasteiger charge is -2.08. The number of hydrogen-bond acceptors (Lipinski definition) is 4. The number of carbonyl (C=O) groups is 1. The molecule has 1 amide bonds. The average molecular weight is 239 g/mol. The number of carbonyl (C=O) groups excluding carboxylic acids is 1.